The summed E-state index contributed by atoms with van der Waals surface area (Å²) in [5.41, 5.74) is -0.720. The van der Waals surface area contributed by atoms with E-state index in [1.54, 1.807) is 0 Å². The highest BCUT2D eigenvalue weighted by Crippen LogP contribution is 2.29. The average molecular weight is 409 g/mol. The van der Waals surface area contributed by atoms with E-state index >= 15 is 0 Å². The number of aryl methyl sites for hydroxylation is 1. The van der Waals surface area contributed by atoms with Gasteiger partial charge in [-0.3, -0.25) is 4.79 Å². The van der Waals surface area contributed by atoms with E-state index in [1.807, 2.05) is 6.92 Å². The van der Waals surface area contributed by atoms with Gasteiger partial charge in [0.2, 0.25) is 4.96 Å². The lowest BCUT2D eigenvalue weighted by atomic mass is 10.1. The number of fused-ring (bicyclic) bond motifs is 1. The predicted molar refractivity (Wildman–Crippen MR) is 96.8 cm³/mol. The first kappa shape index (κ1) is 19.7. The number of ether oxygens (including phenoxy) is 1. The number of benzene rings is 1. The van der Waals surface area contributed by atoms with Crippen LogP contribution in [0.4, 0.5) is 13.2 Å². The smallest absolute Gasteiger partial charge is 0.416 e. The van der Waals surface area contributed by atoms with Gasteiger partial charge >= 0.3 is 12.1 Å². The predicted octanol–water partition coefficient (Wildman–Crippen LogP) is 3.49. The minimum atomic E-state index is -4.46. The fraction of sp³-hybridized carbons (Fsp3) is 0.222. The van der Waals surface area contributed by atoms with Crippen molar-refractivity contribution in [3.63, 3.8) is 0 Å². The first-order valence-electron chi connectivity index (χ1n) is 8.17. The van der Waals surface area contributed by atoms with E-state index in [2.05, 4.69) is 10.1 Å². The van der Waals surface area contributed by atoms with Crippen molar-refractivity contribution in [3.8, 4) is 0 Å². The van der Waals surface area contributed by atoms with E-state index in [1.165, 1.54) is 40.1 Å². The zero-order valence-electron chi connectivity index (χ0n) is 14.6. The van der Waals surface area contributed by atoms with Crippen LogP contribution in [0.5, 0.6) is 0 Å². The van der Waals surface area contributed by atoms with Gasteiger partial charge < -0.3 is 4.74 Å². The fourth-order valence-electron chi connectivity index (χ4n) is 2.29. The number of nitrogens with zero attached hydrogens (tertiary/aromatic N) is 3. The normalized spacial score (nSPS) is 12.0. The van der Waals surface area contributed by atoms with Gasteiger partial charge in [0.1, 0.15) is 11.6 Å². The molecule has 0 N–H and O–H groups in total. The summed E-state index contributed by atoms with van der Waals surface area (Å²) in [5, 5.41) is 4.87. The Labute approximate surface area is 160 Å². The van der Waals surface area contributed by atoms with Gasteiger partial charge in [-0.1, -0.05) is 30.4 Å². The quantitative estimate of drug-likeness (QED) is 0.477. The van der Waals surface area contributed by atoms with Crippen LogP contribution in [-0.2, 0) is 28.7 Å². The zero-order chi connectivity index (χ0) is 20.3. The molecule has 2 aromatic heterocycles. The van der Waals surface area contributed by atoms with Crippen LogP contribution in [0.25, 0.3) is 11.0 Å². The summed E-state index contributed by atoms with van der Waals surface area (Å²) in [4.78, 5) is 28.5. The zero-order valence-corrected chi connectivity index (χ0v) is 15.4. The van der Waals surface area contributed by atoms with Gasteiger partial charge in [0, 0.05) is 12.1 Å². The van der Waals surface area contributed by atoms with Gasteiger partial charge in [-0.05, 0) is 30.2 Å². The molecule has 10 heteroatoms. The van der Waals surface area contributed by atoms with Crippen LogP contribution in [0.2, 0.25) is 0 Å². The molecule has 0 saturated carbocycles. The lowest BCUT2D eigenvalue weighted by Crippen LogP contribution is -2.16. The second-order valence-corrected chi connectivity index (χ2v) is 6.73. The van der Waals surface area contributed by atoms with Crippen LogP contribution in [0.3, 0.4) is 0 Å². The molecule has 0 radical (unpaired) electrons. The topological polar surface area (TPSA) is 73.6 Å². The molecule has 0 aliphatic rings. The number of carbonyl (C=O) groups excluding carboxylic acids is 1. The molecule has 2 heterocycles. The summed E-state index contributed by atoms with van der Waals surface area (Å²) in [6.45, 7) is 1.67. The average Bonchev–Trinajstić information content (AvgIpc) is 3.08. The molecule has 6 nitrogen and oxygen atoms in total. The Morgan fingerprint density at radius 3 is 2.82 bits per heavy atom. The molecular formula is C18H14F3N3O3S. The standard InChI is InChI=1S/C18H14F3N3O3S/c1-2-14-23-24-15(25)9-13(22-17(24)28-14)10-27-16(26)7-6-11-4-3-5-12(8-11)18(19,20)21/h3-9H,2,10H2,1H3/b7-6+. The molecule has 3 aromatic rings. The molecule has 28 heavy (non-hydrogen) atoms. The van der Waals surface area contributed by atoms with Crippen molar-refractivity contribution >= 4 is 28.3 Å². The molecule has 0 aliphatic carbocycles. The van der Waals surface area contributed by atoms with Gasteiger partial charge in [0.05, 0.1) is 11.3 Å². The maximum Gasteiger partial charge on any atom is 0.416 e. The summed E-state index contributed by atoms with van der Waals surface area (Å²) < 4.78 is 44.3. The first-order valence-corrected chi connectivity index (χ1v) is 8.98. The highest BCUT2D eigenvalue weighted by atomic mass is 32.1. The highest BCUT2D eigenvalue weighted by molar-refractivity contribution is 7.16. The Balaban J connectivity index is 1.67. The molecule has 0 atom stereocenters. The summed E-state index contributed by atoms with van der Waals surface area (Å²) in [7, 11) is 0. The first-order chi connectivity index (χ1) is 13.3. The summed E-state index contributed by atoms with van der Waals surface area (Å²) in [5.74, 6) is -0.766. The maximum atomic E-state index is 12.7. The van der Waals surface area contributed by atoms with Crippen molar-refractivity contribution in [2.75, 3.05) is 0 Å². The lowest BCUT2D eigenvalue weighted by molar-refractivity contribution is -0.139. The number of esters is 1. The van der Waals surface area contributed by atoms with Crippen LogP contribution < -0.4 is 5.56 Å². The van der Waals surface area contributed by atoms with E-state index in [-0.39, 0.29) is 23.4 Å². The van der Waals surface area contributed by atoms with Crippen LogP contribution >= 0.6 is 11.3 Å². The van der Waals surface area contributed by atoms with Gasteiger partial charge in [-0.15, -0.1) is 0 Å². The van der Waals surface area contributed by atoms with Crippen molar-refractivity contribution in [3.05, 3.63) is 68.6 Å². The molecule has 0 saturated heterocycles. The minimum Gasteiger partial charge on any atom is -0.456 e. The second-order valence-electron chi connectivity index (χ2n) is 5.69. The number of aromatic nitrogens is 3. The lowest BCUT2D eigenvalue weighted by Gasteiger charge is -2.06. The van der Waals surface area contributed by atoms with Crippen molar-refractivity contribution in [1.82, 2.24) is 14.6 Å². The number of hydrogen-bond acceptors (Lipinski definition) is 6. The van der Waals surface area contributed by atoms with E-state index in [4.69, 9.17) is 4.74 Å². The van der Waals surface area contributed by atoms with Crippen LogP contribution in [0, 0.1) is 0 Å². The highest BCUT2D eigenvalue weighted by Gasteiger charge is 2.30. The Kier molecular flexibility index (Phi) is 5.59. The van der Waals surface area contributed by atoms with Crippen molar-refractivity contribution in [1.29, 1.82) is 0 Å². The van der Waals surface area contributed by atoms with Crippen LogP contribution in [0.1, 0.15) is 28.8 Å². The third kappa shape index (κ3) is 4.63. The van der Waals surface area contributed by atoms with Gasteiger partial charge in [-0.25, -0.2) is 9.78 Å². The van der Waals surface area contributed by atoms with Crippen LogP contribution in [-0.4, -0.2) is 20.6 Å². The van der Waals surface area contributed by atoms with E-state index in [0.717, 1.165) is 23.2 Å². The molecular weight excluding hydrogens is 395 g/mol. The Bertz CT molecular complexity index is 1100. The largest absolute Gasteiger partial charge is 0.456 e. The summed E-state index contributed by atoms with van der Waals surface area (Å²) in [6.07, 6.45) is -1.56. The Hall–Kier alpha value is -3.01. The van der Waals surface area contributed by atoms with Gasteiger partial charge in [-0.2, -0.15) is 22.8 Å². The van der Waals surface area contributed by atoms with E-state index < -0.39 is 17.7 Å². The SMILES string of the molecule is CCc1nn2c(=O)cc(COC(=O)/C=C/c3cccc(C(F)(F)F)c3)nc2s1. The number of rotatable bonds is 5. The molecule has 0 bridgehead atoms. The molecule has 0 fully saturated rings. The Morgan fingerprint density at radius 2 is 2.11 bits per heavy atom. The van der Waals surface area contributed by atoms with Crippen molar-refractivity contribution < 1.29 is 22.7 Å². The number of hydrogen-bond donors (Lipinski definition) is 0. The summed E-state index contributed by atoms with van der Waals surface area (Å²) >= 11 is 1.27. The number of halogens is 3. The number of alkyl halides is 3. The molecule has 0 unspecified atom stereocenters. The van der Waals surface area contributed by atoms with Crippen molar-refractivity contribution in [2.45, 2.75) is 26.1 Å². The number of carbonyl (C=O) groups is 1. The molecule has 0 spiro atoms. The van der Waals surface area contributed by atoms with Gasteiger partial charge in [0.25, 0.3) is 5.56 Å². The fourth-order valence-corrected chi connectivity index (χ4v) is 3.15. The Morgan fingerprint density at radius 1 is 1.32 bits per heavy atom. The maximum absolute atomic E-state index is 12.7. The van der Waals surface area contributed by atoms with E-state index in [0.29, 0.717) is 11.4 Å². The minimum absolute atomic E-state index is 0.210. The molecule has 3 rings (SSSR count). The second kappa shape index (κ2) is 7.93. The molecule has 146 valence electrons. The third-order valence-corrected chi connectivity index (χ3v) is 4.68. The molecule has 0 amide bonds. The molecule has 1 aromatic carbocycles. The van der Waals surface area contributed by atoms with Crippen LogP contribution in [0.15, 0.2) is 41.2 Å². The summed E-state index contributed by atoms with van der Waals surface area (Å²) in [6, 6.07) is 5.77. The molecule has 0 aliphatic heterocycles. The third-order valence-electron chi connectivity index (χ3n) is 3.63. The monoisotopic (exact) mass is 409 g/mol. The van der Waals surface area contributed by atoms with Crippen molar-refractivity contribution in [2.24, 2.45) is 0 Å². The van der Waals surface area contributed by atoms with E-state index in [9.17, 15) is 22.8 Å². The van der Waals surface area contributed by atoms with Gasteiger partial charge in [0.15, 0.2) is 0 Å².